The Morgan fingerprint density at radius 1 is 1.10 bits per heavy atom. The van der Waals surface area contributed by atoms with Crippen molar-refractivity contribution in [2.45, 2.75) is 13.1 Å². The van der Waals surface area contributed by atoms with Crippen molar-refractivity contribution in [3.63, 3.8) is 0 Å². The third-order valence-electron chi connectivity index (χ3n) is 5.61. The molecular weight excluding hydrogens is 394 g/mol. The molecule has 1 fully saturated rings. The summed E-state index contributed by atoms with van der Waals surface area (Å²) >= 11 is 0. The van der Waals surface area contributed by atoms with E-state index >= 15 is 0 Å². The second kappa shape index (κ2) is 7.84. The lowest BCUT2D eigenvalue weighted by molar-refractivity contribution is -0.136. The number of H-pyrrole nitrogens is 1. The van der Waals surface area contributed by atoms with Gasteiger partial charge in [-0.15, -0.1) is 0 Å². The Bertz CT molecular complexity index is 1270. The number of hydrogen-bond donors (Lipinski definition) is 2. The molecule has 2 aromatic carbocycles. The highest BCUT2D eigenvalue weighted by atomic mass is 16.5. The maximum absolute atomic E-state index is 12.8. The van der Waals surface area contributed by atoms with E-state index in [-0.39, 0.29) is 5.91 Å². The summed E-state index contributed by atoms with van der Waals surface area (Å²) in [7, 11) is 1.64. The van der Waals surface area contributed by atoms with E-state index in [9.17, 15) is 4.79 Å². The molecule has 9 heteroatoms. The number of nitrogens with two attached hydrogens (primary N) is 1. The predicted octanol–water partition coefficient (Wildman–Crippen LogP) is 1.94. The molecule has 31 heavy (non-hydrogen) atoms. The molecule has 1 amide bonds. The fourth-order valence-corrected chi connectivity index (χ4v) is 3.96. The summed E-state index contributed by atoms with van der Waals surface area (Å²) < 4.78 is 5.26. The first-order valence-corrected chi connectivity index (χ1v) is 10.1. The average molecular weight is 417 g/mol. The van der Waals surface area contributed by atoms with Gasteiger partial charge < -0.3 is 20.4 Å². The van der Waals surface area contributed by atoms with Crippen LogP contribution in [-0.4, -0.2) is 62.4 Å². The average Bonchev–Trinajstić information content (AvgIpc) is 3.17. The minimum Gasteiger partial charge on any atom is -0.497 e. The predicted molar refractivity (Wildman–Crippen MR) is 117 cm³/mol. The van der Waals surface area contributed by atoms with Crippen molar-refractivity contribution in [2.24, 2.45) is 0 Å². The van der Waals surface area contributed by atoms with Crippen LogP contribution in [0.2, 0.25) is 0 Å². The van der Waals surface area contributed by atoms with Crippen molar-refractivity contribution in [3.05, 3.63) is 54.1 Å². The van der Waals surface area contributed by atoms with Gasteiger partial charge in [-0.05, 0) is 29.8 Å². The molecule has 2 aromatic heterocycles. The summed E-state index contributed by atoms with van der Waals surface area (Å²) in [4.78, 5) is 33.0. The molecule has 158 valence electrons. The number of aromatic nitrogens is 4. The molecule has 3 N–H and O–H groups in total. The van der Waals surface area contributed by atoms with E-state index in [2.05, 4.69) is 24.8 Å². The number of piperazine rings is 1. The number of nitrogen functional groups attached to an aromatic ring is 1. The molecule has 0 aliphatic carbocycles. The Balaban J connectivity index is 1.24. The molecule has 0 unspecified atom stereocenters. The molecule has 4 aromatic rings. The van der Waals surface area contributed by atoms with Crippen molar-refractivity contribution in [2.75, 3.05) is 32.5 Å². The summed E-state index contributed by atoms with van der Waals surface area (Å²) in [6.07, 6.45) is 1.46. The SMILES string of the molecule is COc1ccc2nc(CN3CCN(Cc4ccc5c(N)ncnc5c4)C(=O)C3)[nH]c2c1. The summed E-state index contributed by atoms with van der Waals surface area (Å²) in [5.74, 6) is 2.20. The first-order valence-electron chi connectivity index (χ1n) is 10.1. The Morgan fingerprint density at radius 3 is 2.84 bits per heavy atom. The fourth-order valence-electron chi connectivity index (χ4n) is 3.96. The van der Waals surface area contributed by atoms with Crippen LogP contribution in [0.4, 0.5) is 5.82 Å². The maximum Gasteiger partial charge on any atom is 0.237 e. The Morgan fingerprint density at radius 2 is 2.00 bits per heavy atom. The van der Waals surface area contributed by atoms with Crippen LogP contribution in [0.25, 0.3) is 21.9 Å². The molecule has 0 radical (unpaired) electrons. The molecule has 0 bridgehead atoms. The number of benzene rings is 2. The number of carbonyl (C=O) groups is 1. The maximum atomic E-state index is 12.8. The lowest BCUT2D eigenvalue weighted by Gasteiger charge is -2.34. The number of imidazole rings is 1. The molecule has 1 aliphatic rings. The van der Waals surface area contributed by atoms with Crippen LogP contribution < -0.4 is 10.5 Å². The quantitative estimate of drug-likeness (QED) is 0.510. The Kier molecular flexibility index (Phi) is 4.87. The highest BCUT2D eigenvalue weighted by Gasteiger charge is 2.24. The monoisotopic (exact) mass is 417 g/mol. The number of ether oxygens (including phenoxy) is 1. The van der Waals surface area contributed by atoms with E-state index in [1.165, 1.54) is 6.33 Å². The largest absolute Gasteiger partial charge is 0.497 e. The van der Waals surface area contributed by atoms with Crippen LogP contribution in [0, 0.1) is 0 Å². The lowest BCUT2D eigenvalue weighted by Crippen LogP contribution is -2.49. The summed E-state index contributed by atoms with van der Waals surface area (Å²) in [5.41, 5.74) is 9.53. The minimum absolute atomic E-state index is 0.103. The van der Waals surface area contributed by atoms with Gasteiger partial charge in [0.05, 0.1) is 36.7 Å². The summed E-state index contributed by atoms with van der Waals surface area (Å²) in [6, 6.07) is 11.6. The minimum atomic E-state index is 0.103. The zero-order valence-corrected chi connectivity index (χ0v) is 17.2. The normalized spacial score (nSPS) is 15.1. The van der Waals surface area contributed by atoms with Crippen LogP contribution >= 0.6 is 0 Å². The number of hydrogen-bond acceptors (Lipinski definition) is 7. The summed E-state index contributed by atoms with van der Waals surface area (Å²) in [5, 5.41) is 0.825. The van der Waals surface area contributed by atoms with Crippen molar-refractivity contribution >= 4 is 33.7 Å². The van der Waals surface area contributed by atoms with Gasteiger partial charge in [0.1, 0.15) is 23.7 Å². The van der Waals surface area contributed by atoms with E-state index in [1.54, 1.807) is 7.11 Å². The Hall–Kier alpha value is -3.72. The third-order valence-corrected chi connectivity index (χ3v) is 5.61. The smallest absolute Gasteiger partial charge is 0.237 e. The molecule has 0 spiro atoms. The van der Waals surface area contributed by atoms with E-state index in [0.717, 1.165) is 45.6 Å². The van der Waals surface area contributed by atoms with Gasteiger partial charge in [-0.1, -0.05) is 6.07 Å². The van der Waals surface area contributed by atoms with Crippen molar-refractivity contribution in [1.82, 2.24) is 29.7 Å². The molecule has 1 saturated heterocycles. The number of amides is 1. The van der Waals surface area contributed by atoms with Crippen LogP contribution in [0.15, 0.2) is 42.7 Å². The van der Waals surface area contributed by atoms with Gasteiger partial charge in [0.2, 0.25) is 5.91 Å². The van der Waals surface area contributed by atoms with Gasteiger partial charge >= 0.3 is 0 Å². The van der Waals surface area contributed by atoms with Gasteiger partial charge in [-0.2, -0.15) is 0 Å². The number of anilines is 1. The van der Waals surface area contributed by atoms with Gasteiger partial charge in [-0.3, -0.25) is 9.69 Å². The number of nitrogens with zero attached hydrogens (tertiary/aromatic N) is 5. The summed E-state index contributed by atoms with van der Waals surface area (Å²) in [6.45, 7) is 2.97. The Labute approximate surface area is 178 Å². The zero-order valence-electron chi connectivity index (χ0n) is 17.2. The van der Waals surface area contributed by atoms with E-state index in [1.807, 2.05) is 41.3 Å². The number of fused-ring (bicyclic) bond motifs is 2. The number of nitrogens with one attached hydrogen (secondary N) is 1. The molecule has 1 aliphatic heterocycles. The fraction of sp³-hybridized carbons (Fsp3) is 0.273. The number of aromatic amines is 1. The van der Waals surface area contributed by atoms with Gasteiger partial charge in [0.25, 0.3) is 0 Å². The van der Waals surface area contributed by atoms with Crippen LogP contribution in [0.5, 0.6) is 5.75 Å². The number of rotatable bonds is 5. The standard InChI is InChI=1S/C22H23N7O2/c1-31-15-3-5-17-19(9-15)27-20(26-17)11-28-6-7-29(21(30)12-28)10-14-2-4-16-18(8-14)24-13-25-22(16)23/h2-5,8-9,13H,6-7,10-12H2,1H3,(H,26,27)(H2,23,24,25). The first-order chi connectivity index (χ1) is 15.1. The lowest BCUT2D eigenvalue weighted by atomic mass is 10.1. The highest BCUT2D eigenvalue weighted by molar-refractivity contribution is 5.88. The number of carbonyl (C=O) groups excluding carboxylic acids is 1. The first kappa shape index (κ1) is 19.3. The second-order valence-corrected chi connectivity index (χ2v) is 7.70. The van der Waals surface area contributed by atoms with Gasteiger partial charge in [-0.25, -0.2) is 15.0 Å². The molecule has 5 rings (SSSR count). The zero-order chi connectivity index (χ0) is 21.4. The van der Waals surface area contributed by atoms with E-state index in [0.29, 0.717) is 32.0 Å². The van der Waals surface area contributed by atoms with E-state index in [4.69, 9.17) is 10.5 Å². The molecule has 3 heterocycles. The molecule has 0 atom stereocenters. The van der Waals surface area contributed by atoms with Crippen molar-refractivity contribution in [3.8, 4) is 5.75 Å². The van der Waals surface area contributed by atoms with Crippen molar-refractivity contribution in [1.29, 1.82) is 0 Å². The van der Waals surface area contributed by atoms with Gasteiger partial charge in [0.15, 0.2) is 0 Å². The van der Waals surface area contributed by atoms with Gasteiger partial charge in [0, 0.05) is 31.1 Å². The topological polar surface area (TPSA) is 113 Å². The number of methoxy groups -OCH3 is 1. The second-order valence-electron chi connectivity index (χ2n) is 7.70. The highest BCUT2D eigenvalue weighted by Crippen LogP contribution is 2.21. The van der Waals surface area contributed by atoms with E-state index < -0.39 is 0 Å². The third kappa shape index (κ3) is 3.87. The van der Waals surface area contributed by atoms with Crippen molar-refractivity contribution < 1.29 is 9.53 Å². The van der Waals surface area contributed by atoms with Crippen LogP contribution in [0.1, 0.15) is 11.4 Å². The van der Waals surface area contributed by atoms with Crippen LogP contribution in [-0.2, 0) is 17.9 Å². The van der Waals surface area contributed by atoms with Crippen LogP contribution in [0.3, 0.4) is 0 Å². The molecular formula is C22H23N7O2. The molecule has 0 saturated carbocycles. The molecule has 9 nitrogen and oxygen atoms in total.